The molecule has 1 atom stereocenters. The van der Waals surface area contributed by atoms with Crippen LogP contribution in [0.3, 0.4) is 0 Å². The summed E-state index contributed by atoms with van der Waals surface area (Å²) in [4.78, 5) is 13.0. The predicted octanol–water partition coefficient (Wildman–Crippen LogP) is 2.78. The number of carbonyl (C=O) groups excluding carboxylic acids is 1. The fraction of sp³-hybridized carbons (Fsp3) is 0.458. The third-order valence-electron chi connectivity index (χ3n) is 6.51. The number of rotatable bonds is 6. The third kappa shape index (κ3) is 4.61. The van der Waals surface area contributed by atoms with E-state index in [4.69, 9.17) is 9.47 Å². The van der Waals surface area contributed by atoms with Gasteiger partial charge in [-0.3, -0.25) is 4.79 Å². The lowest BCUT2D eigenvalue weighted by Crippen LogP contribution is -2.46. The highest BCUT2D eigenvalue weighted by atomic mass is 32.2. The number of amides is 1. The molecule has 1 N–H and O–H groups in total. The van der Waals surface area contributed by atoms with Crippen molar-refractivity contribution < 1.29 is 22.7 Å². The van der Waals surface area contributed by atoms with Gasteiger partial charge in [0.15, 0.2) is 11.5 Å². The summed E-state index contributed by atoms with van der Waals surface area (Å²) in [6.07, 6.45) is 3.80. The first-order valence-corrected chi connectivity index (χ1v) is 12.5. The van der Waals surface area contributed by atoms with Crippen molar-refractivity contribution in [2.24, 2.45) is 5.92 Å². The lowest BCUT2D eigenvalue weighted by atomic mass is 9.87. The molecule has 1 unspecified atom stereocenters. The van der Waals surface area contributed by atoms with Crippen LogP contribution in [0.25, 0.3) is 0 Å². The number of hydrogen-bond donors (Lipinski definition) is 1. The Morgan fingerprint density at radius 1 is 0.969 bits per heavy atom. The van der Waals surface area contributed by atoms with E-state index in [1.807, 2.05) is 6.07 Å². The number of nitrogens with one attached hydrogen (secondary N) is 1. The van der Waals surface area contributed by atoms with E-state index >= 15 is 0 Å². The maximum atomic E-state index is 13.1. The van der Waals surface area contributed by atoms with E-state index in [2.05, 4.69) is 23.5 Å². The van der Waals surface area contributed by atoms with Gasteiger partial charge in [0.2, 0.25) is 15.9 Å². The molecule has 0 saturated carbocycles. The van der Waals surface area contributed by atoms with Crippen molar-refractivity contribution >= 4 is 15.9 Å². The summed E-state index contributed by atoms with van der Waals surface area (Å²) >= 11 is 0. The average molecular weight is 459 g/mol. The van der Waals surface area contributed by atoms with Crippen LogP contribution in [-0.4, -0.2) is 52.0 Å². The molecule has 2 aromatic carbocycles. The summed E-state index contributed by atoms with van der Waals surface area (Å²) < 4.78 is 38.1. The van der Waals surface area contributed by atoms with Crippen LogP contribution in [0.2, 0.25) is 0 Å². The molecule has 0 bridgehead atoms. The fourth-order valence-corrected chi connectivity index (χ4v) is 6.11. The minimum absolute atomic E-state index is 0.0394. The first-order valence-electron chi connectivity index (χ1n) is 11.0. The Bertz CT molecular complexity index is 1080. The molecule has 1 aliphatic carbocycles. The molecular weight excluding hydrogens is 428 g/mol. The van der Waals surface area contributed by atoms with E-state index in [-0.39, 0.29) is 22.8 Å². The first-order chi connectivity index (χ1) is 15.4. The van der Waals surface area contributed by atoms with Gasteiger partial charge in [-0.2, -0.15) is 4.31 Å². The molecule has 1 heterocycles. The van der Waals surface area contributed by atoms with Gasteiger partial charge < -0.3 is 14.8 Å². The van der Waals surface area contributed by atoms with Crippen molar-refractivity contribution in [2.75, 3.05) is 27.3 Å². The molecule has 8 heteroatoms. The fourth-order valence-electron chi connectivity index (χ4n) is 4.62. The molecule has 1 saturated heterocycles. The molecule has 172 valence electrons. The Labute approximate surface area is 189 Å². The second-order valence-corrected chi connectivity index (χ2v) is 10.4. The SMILES string of the molecule is COc1ccc(S(=O)(=O)N2CCC(C(=O)NC3CCc4ccccc4C3)CC2)cc1OC. The van der Waals surface area contributed by atoms with Gasteiger partial charge in [-0.15, -0.1) is 0 Å². The summed E-state index contributed by atoms with van der Waals surface area (Å²) in [6.45, 7) is 0.643. The minimum atomic E-state index is -3.66. The zero-order valence-corrected chi connectivity index (χ0v) is 19.4. The first kappa shape index (κ1) is 22.6. The topological polar surface area (TPSA) is 84.9 Å². The lowest BCUT2D eigenvalue weighted by Gasteiger charge is -2.32. The maximum Gasteiger partial charge on any atom is 0.243 e. The molecule has 2 aromatic rings. The average Bonchev–Trinajstić information content (AvgIpc) is 2.83. The molecule has 1 aliphatic heterocycles. The monoisotopic (exact) mass is 458 g/mol. The van der Waals surface area contributed by atoms with Crippen LogP contribution in [0.4, 0.5) is 0 Å². The quantitative estimate of drug-likeness (QED) is 0.720. The van der Waals surface area contributed by atoms with Crippen molar-refractivity contribution in [1.82, 2.24) is 9.62 Å². The second-order valence-electron chi connectivity index (χ2n) is 8.41. The lowest BCUT2D eigenvalue weighted by molar-refractivity contribution is -0.126. The highest BCUT2D eigenvalue weighted by Crippen LogP contribution is 2.32. The van der Waals surface area contributed by atoms with Gasteiger partial charge >= 0.3 is 0 Å². The van der Waals surface area contributed by atoms with E-state index in [0.717, 1.165) is 19.3 Å². The second kappa shape index (κ2) is 9.50. The summed E-state index contributed by atoms with van der Waals surface area (Å²) in [7, 11) is -0.680. The van der Waals surface area contributed by atoms with Crippen molar-refractivity contribution in [3.8, 4) is 11.5 Å². The molecule has 0 aromatic heterocycles. The summed E-state index contributed by atoms with van der Waals surface area (Å²) in [5.74, 6) is 0.727. The molecule has 0 radical (unpaired) electrons. The van der Waals surface area contributed by atoms with Crippen molar-refractivity contribution in [1.29, 1.82) is 0 Å². The van der Waals surface area contributed by atoms with Crippen LogP contribution in [0.1, 0.15) is 30.4 Å². The third-order valence-corrected chi connectivity index (χ3v) is 8.41. The summed E-state index contributed by atoms with van der Waals surface area (Å²) in [5, 5.41) is 3.21. The largest absolute Gasteiger partial charge is 0.493 e. The molecule has 7 nitrogen and oxygen atoms in total. The van der Waals surface area contributed by atoms with E-state index in [0.29, 0.717) is 37.4 Å². The van der Waals surface area contributed by atoms with Crippen LogP contribution in [0, 0.1) is 5.92 Å². The van der Waals surface area contributed by atoms with Crippen molar-refractivity contribution in [3.05, 3.63) is 53.6 Å². The highest BCUT2D eigenvalue weighted by Gasteiger charge is 2.33. The number of aryl methyl sites for hydroxylation is 1. The predicted molar refractivity (Wildman–Crippen MR) is 121 cm³/mol. The van der Waals surface area contributed by atoms with E-state index in [1.165, 1.54) is 41.8 Å². The van der Waals surface area contributed by atoms with Gasteiger partial charge in [0.05, 0.1) is 19.1 Å². The minimum Gasteiger partial charge on any atom is -0.493 e. The number of ether oxygens (including phenoxy) is 2. The highest BCUT2D eigenvalue weighted by molar-refractivity contribution is 7.89. The molecular formula is C24H30N2O5S. The van der Waals surface area contributed by atoms with Gasteiger partial charge in [-0.25, -0.2) is 8.42 Å². The molecule has 0 spiro atoms. The van der Waals surface area contributed by atoms with E-state index in [1.54, 1.807) is 6.07 Å². The van der Waals surface area contributed by atoms with E-state index < -0.39 is 10.0 Å². The van der Waals surface area contributed by atoms with Crippen LogP contribution in [0.5, 0.6) is 11.5 Å². The number of carbonyl (C=O) groups is 1. The molecule has 2 aliphatic rings. The number of methoxy groups -OCH3 is 2. The summed E-state index contributed by atoms with van der Waals surface area (Å²) in [5.41, 5.74) is 2.67. The Morgan fingerprint density at radius 3 is 2.34 bits per heavy atom. The molecule has 1 amide bonds. The van der Waals surface area contributed by atoms with Crippen LogP contribution >= 0.6 is 0 Å². The maximum absolute atomic E-state index is 13.1. The van der Waals surface area contributed by atoms with Crippen LogP contribution in [-0.2, 0) is 27.7 Å². The zero-order valence-electron chi connectivity index (χ0n) is 18.5. The van der Waals surface area contributed by atoms with Crippen molar-refractivity contribution in [3.63, 3.8) is 0 Å². The van der Waals surface area contributed by atoms with Gasteiger partial charge in [0, 0.05) is 31.1 Å². The normalized spacial score (nSPS) is 19.8. The Balaban J connectivity index is 1.35. The van der Waals surface area contributed by atoms with Gasteiger partial charge in [-0.05, 0) is 55.4 Å². The standard InChI is InChI=1S/C24H30N2O5S/c1-30-22-10-9-21(16-23(22)31-2)32(28,29)26-13-11-18(12-14-26)24(27)25-20-8-7-17-5-3-4-6-19(17)15-20/h3-6,9-10,16,18,20H,7-8,11-15H2,1-2H3,(H,25,27). The van der Waals surface area contributed by atoms with E-state index in [9.17, 15) is 13.2 Å². The zero-order chi connectivity index (χ0) is 22.7. The van der Waals surface area contributed by atoms with Crippen LogP contribution < -0.4 is 14.8 Å². The van der Waals surface area contributed by atoms with Gasteiger partial charge in [0.1, 0.15) is 0 Å². The van der Waals surface area contributed by atoms with Crippen LogP contribution in [0.15, 0.2) is 47.4 Å². The Hall–Kier alpha value is -2.58. The number of fused-ring (bicyclic) bond motifs is 1. The molecule has 32 heavy (non-hydrogen) atoms. The Kier molecular flexibility index (Phi) is 6.71. The van der Waals surface area contributed by atoms with Crippen molar-refractivity contribution in [2.45, 2.75) is 43.0 Å². The molecule has 4 rings (SSSR count). The van der Waals surface area contributed by atoms with Gasteiger partial charge in [-0.1, -0.05) is 24.3 Å². The summed E-state index contributed by atoms with van der Waals surface area (Å²) in [6, 6.07) is 13.1. The number of benzene rings is 2. The smallest absolute Gasteiger partial charge is 0.243 e. The number of piperidine rings is 1. The Morgan fingerprint density at radius 2 is 1.66 bits per heavy atom. The number of nitrogens with zero attached hydrogens (tertiary/aromatic N) is 1. The molecule has 1 fully saturated rings. The number of hydrogen-bond acceptors (Lipinski definition) is 5. The van der Waals surface area contributed by atoms with Gasteiger partial charge in [0.25, 0.3) is 0 Å². The number of sulfonamides is 1.